The summed E-state index contributed by atoms with van der Waals surface area (Å²) in [5.74, 6) is -1.07. The number of aliphatic carboxylic acids is 1. The molecule has 5 heteroatoms. The lowest BCUT2D eigenvalue weighted by atomic mass is 9.93. The molecule has 0 aromatic rings. The van der Waals surface area contributed by atoms with Gasteiger partial charge in [-0.3, -0.25) is 9.69 Å². The maximum atomic E-state index is 11.3. The van der Waals surface area contributed by atoms with Crippen LogP contribution in [-0.2, 0) is 9.53 Å². The molecule has 19 heavy (non-hydrogen) atoms. The van der Waals surface area contributed by atoms with Gasteiger partial charge < -0.3 is 14.7 Å². The quantitative estimate of drug-likeness (QED) is 0.814. The van der Waals surface area contributed by atoms with Crippen molar-refractivity contribution in [2.24, 2.45) is 5.92 Å². The Hall–Kier alpha value is -0.650. The van der Waals surface area contributed by atoms with Crippen LogP contribution in [0.3, 0.4) is 0 Å². The van der Waals surface area contributed by atoms with Crippen molar-refractivity contribution in [1.82, 2.24) is 9.80 Å². The molecule has 0 saturated carbocycles. The number of ether oxygens (including phenoxy) is 1. The van der Waals surface area contributed by atoms with Gasteiger partial charge in [-0.05, 0) is 45.8 Å². The van der Waals surface area contributed by atoms with Gasteiger partial charge >= 0.3 is 5.97 Å². The number of hydrogen-bond donors (Lipinski definition) is 1. The van der Waals surface area contributed by atoms with Gasteiger partial charge in [-0.15, -0.1) is 0 Å². The number of hydrogen-bond acceptors (Lipinski definition) is 4. The van der Waals surface area contributed by atoms with Crippen LogP contribution in [0.25, 0.3) is 0 Å². The van der Waals surface area contributed by atoms with Gasteiger partial charge in [-0.25, -0.2) is 0 Å². The normalized spacial score (nSPS) is 39.7. The van der Waals surface area contributed by atoms with Crippen LogP contribution >= 0.6 is 0 Å². The molecule has 0 spiro atoms. The Bertz CT molecular complexity index is 350. The van der Waals surface area contributed by atoms with Crippen molar-refractivity contribution in [3.63, 3.8) is 0 Å². The summed E-state index contributed by atoms with van der Waals surface area (Å²) < 4.78 is 5.40. The zero-order chi connectivity index (χ0) is 13.4. The molecule has 0 radical (unpaired) electrons. The molecule has 3 heterocycles. The number of nitrogens with zero attached hydrogens (tertiary/aromatic N) is 2. The summed E-state index contributed by atoms with van der Waals surface area (Å²) in [5, 5.41) is 9.27. The van der Waals surface area contributed by atoms with Gasteiger partial charge in [0, 0.05) is 18.1 Å². The monoisotopic (exact) mass is 268 g/mol. The summed E-state index contributed by atoms with van der Waals surface area (Å²) >= 11 is 0. The van der Waals surface area contributed by atoms with Crippen molar-refractivity contribution in [2.75, 3.05) is 33.4 Å². The topological polar surface area (TPSA) is 53.0 Å². The zero-order valence-electron chi connectivity index (χ0n) is 11.6. The van der Waals surface area contributed by atoms with Crippen LogP contribution in [0.1, 0.15) is 25.7 Å². The molecule has 3 rings (SSSR count). The predicted octanol–water partition coefficient (Wildman–Crippen LogP) is 0.645. The summed E-state index contributed by atoms with van der Waals surface area (Å²) in [4.78, 5) is 16.2. The second-order valence-corrected chi connectivity index (χ2v) is 6.23. The van der Waals surface area contributed by atoms with Crippen molar-refractivity contribution in [3.8, 4) is 0 Å². The van der Waals surface area contributed by atoms with Gasteiger partial charge in [-0.2, -0.15) is 0 Å². The van der Waals surface area contributed by atoms with Crippen LogP contribution in [0.5, 0.6) is 0 Å². The third-order valence-electron chi connectivity index (χ3n) is 5.26. The highest BCUT2D eigenvalue weighted by Crippen LogP contribution is 2.31. The third-order valence-corrected chi connectivity index (χ3v) is 5.26. The van der Waals surface area contributed by atoms with Gasteiger partial charge in [0.1, 0.15) is 0 Å². The number of fused-ring (bicyclic) bond motifs is 1. The summed E-state index contributed by atoms with van der Waals surface area (Å²) in [6.07, 6.45) is 4.99. The Morgan fingerprint density at radius 1 is 1.32 bits per heavy atom. The van der Waals surface area contributed by atoms with Crippen LogP contribution in [0.15, 0.2) is 0 Å². The lowest BCUT2D eigenvalue weighted by molar-refractivity contribution is -0.143. The van der Waals surface area contributed by atoms with E-state index in [0.717, 1.165) is 12.5 Å². The van der Waals surface area contributed by atoms with Gasteiger partial charge in [0.15, 0.2) is 0 Å². The molecule has 3 fully saturated rings. The first-order valence-corrected chi connectivity index (χ1v) is 7.43. The van der Waals surface area contributed by atoms with Crippen molar-refractivity contribution >= 4 is 5.97 Å². The standard InChI is InChI=1S/C14H24N2O3/c1-15(13-9-19-8-12(13)14(17)18)10-4-6-16-5-2-3-11(16)7-10/h10-13H,2-9H2,1H3,(H,17,18). The van der Waals surface area contributed by atoms with E-state index in [1.807, 2.05) is 0 Å². The molecule has 5 nitrogen and oxygen atoms in total. The van der Waals surface area contributed by atoms with Crippen LogP contribution in [0.4, 0.5) is 0 Å². The van der Waals surface area contributed by atoms with E-state index in [2.05, 4.69) is 16.8 Å². The molecule has 3 aliphatic heterocycles. The molecule has 0 aromatic heterocycles. The highest BCUT2D eigenvalue weighted by molar-refractivity contribution is 5.71. The molecule has 0 aromatic carbocycles. The average Bonchev–Trinajstić information content (AvgIpc) is 3.05. The molecule has 108 valence electrons. The first-order chi connectivity index (χ1) is 9.16. The molecule has 1 N–H and O–H groups in total. The highest BCUT2D eigenvalue weighted by Gasteiger charge is 2.41. The van der Waals surface area contributed by atoms with E-state index in [1.165, 1.54) is 32.4 Å². The van der Waals surface area contributed by atoms with Gasteiger partial charge in [0.05, 0.1) is 19.1 Å². The van der Waals surface area contributed by atoms with Crippen molar-refractivity contribution in [2.45, 2.75) is 43.8 Å². The third kappa shape index (κ3) is 2.51. The van der Waals surface area contributed by atoms with Crippen molar-refractivity contribution in [1.29, 1.82) is 0 Å². The number of rotatable bonds is 3. The van der Waals surface area contributed by atoms with Crippen molar-refractivity contribution in [3.05, 3.63) is 0 Å². The van der Waals surface area contributed by atoms with Gasteiger partial charge in [0.25, 0.3) is 0 Å². The highest BCUT2D eigenvalue weighted by atomic mass is 16.5. The minimum Gasteiger partial charge on any atom is -0.481 e. The first-order valence-electron chi connectivity index (χ1n) is 7.43. The van der Waals surface area contributed by atoms with Gasteiger partial charge in [-0.1, -0.05) is 0 Å². The van der Waals surface area contributed by atoms with Crippen molar-refractivity contribution < 1.29 is 14.6 Å². The first kappa shape index (κ1) is 13.3. The number of piperidine rings is 1. The zero-order valence-corrected chi connectivity index (χ0v) is 11.6. The summed E-state index contributed by atoms with van der Waals surface area (Å²) in [7, 11) is 2.09. The van der Waals surface area contributed by atoms with Crippen LogP contribution in [0, 0.1) is 5.92 Å². The molecular formula is C14H24N2O3. The van der Waals surface area contributed by atoms with E-state index >= 15 is 0 Å². The molecular weight excluding hydrogens is 244 g/mol. The van der Waals surface area contributed by atoms with E-state index in [-0.39, 0.29) is 12.0 Å². The molecule has 3 saturated heterocycles. The molecule has 0 bridgehead atoms. The number of carbonyl (C=O) groups is 1. The van der Waals surface area contributed by atoms with E-state index in [9.17, 15) is 9.90 Å². The molecule has 0 aliphatic carbocycles. The molecule has 0 amide bonds. The fourth-order valence-electron chi connectivity index (χ4n) is 4.02. The maximum absolute atomic E-state index is 11.3. The summed E-state index contributed by atoms with van der Waals surface area (Å²) in [6.45, 7) is 3.36. The van der Waals surface area contributed by atoms with Gasteiger partial charge in [0.2, 0.25) is 0 Å². The van der Waals surface area contributed by atoms with E-state index in [0.29, 0.717) is 19.3 Å². The van der Waals surface area contributed by atoms with E-state index in [1.54, 1.807) is 0 Å². The SMILES string of the molecule is CN(C1CCN2CCCC2C1)C1COCC1C(=O)O. The molecule has 4 unspecified atom stereocenters. The Labute approximate surface area is 114 Å². The second kappa shape index (κ2) is 5.38. The fourth-order valence-corrected chi connectivity index (χ4v) is 4.02. The summed E-state index contributed by atoms with van der Waals surface area (Å²) in [6, 6.07) is 1.30. The van der Waals surface area contributed by atoms with Crippen LogP contribution in [-0.4, -0.2) is 72.4 Å². The minimum atomic E-state index is -0.715. The molecule has 3 aliphatic rings. The minimum absolute atomic E-state index is 0.0513. The van der Waals surface area contributed by atoms with E-state index in [4.69, 9.17) is 4.74 Å². The van der Waals surface area contributed by atoms with E-state index < -0.39 is 5.97 Å². The number of likely N-dealkylation sites (N-methyl/N-ethyl adjacent to an activating group) is 1. The fraction of sp³-hybridized carbons (Fsp3) is 0.929. The Morgan fingerprint density at radius 3 is 2.95 bits per heavy atom. The van der Waals surface area contributed by atoms with Crippen LogP contribution < -0.4 is 0 Å². The maximum Gasteiger partial charge on any atom is 0.310 e. The summed E-state index contributed by atoms with van der Waals surface area (Å²) in [5.41, 5.74) is 0. The largest absolute Gasteiger partial charge is 0.481 e. The Balaban J connectivity index is 1.63. The number of carboxylic acid groups (broad SMARTS) is 1. The predicted molar refractivity (Wildman–Crippen MR) is 71.1 cm³/mol. The average molecular weight is 268 g/mol. The number of carboxylic acids is 1. The Morgan fingerprint density at radius 2 is 2.16 bits per heavy atom. The smallest absolute Gasteiger partial charge is 0.310 e. The lowest BCUT2D eigenvalue weighted by Crippen LogP contribution is -2.52. The second-order valence-electron chi connectivity index (χ2n) is 6.23. The lowest BCUT2D eigenvalue weighted by Gasteiger charge is -2.41. The van der Waals surface area contributed by atoms with Crippen LogP contribution in [0.2, 0.25) is 0 Å². The molecule has 4 atom stereocenters. The Kier molecular flexibility index (Phi) is 3.78.